The lowest BCUT2D eigenvalue weighted by Gasteiger charge is -2.14. The third kappa shape index (κ3) is 3.24. The number of halogens is 1. The Hall–Kier alpha value is -1.89. The van der Waals surface area contributed by atoms with Gasteiger partial charge in [-0.2, -0.15) is 11.8 Å². The van der Waals surface area contributed by atoms with Crippen molar-refractivity contribution in [1.29, 1.82) is 0 Å². The van der Waals surface area contributed by atoms with Crippen molar-refractivity contribution in [2.45, 2.75) is 12.2 Å². The predicted octanol–water partition coefficient (Wildman–Crippen LogP) is 5.24. The van der Waals surface area contributed by atoms with Crippen LogP contribution in [0.1, 0.15) is 20.8 Å². The second-order valence-electron chi connectivity index (χ2n) is 5.88. The standard InChI is InChI=1S/C19H17ClN2O2S2/c1-24-15-5-4-12(20)10-14(15)21-18(23)17-13-6-9-25-11-16(13)26-19(17)22-7-2-3-8-22/h2-5,7-8,10H,6,9,11H2,1H3,(H,21,23). The van der Waals surface area contributed by atoms with Crippen LogP contribution in [0.2, 0.25) is 5.02 Å². The predicted molar refractivity (Wildman–Crippen MR) is 109 cm³/mol. The average Bonchev–Trinajstić information content (AvgIpc) is 3.29. The van der Waals surface area contributed by atoms with E-state index >= 15 is 0 Å². The molecule has 1 N–H and O–H groups in total. The molecule has 0 radical (unpaired) electrons. The zero-order valence-corrected chi connectivity index (χ0v) is 16.5. The number of thioether (sulfide) groups is 1. The highest BCUT2D eigenvalue weighted by molar-refractivity contribution is 7.98. The number of nitrogens with one attached hydrogen (secondary N) is 1. The summed E-state index contributed by atoms with van der Waals surface area (Å²) in [6.45, 7) is 0. The minimum Gasteiger partial charge on any atom is -0.495 e. The maximum atomic E-state index is 13.2. The number of hydrogen-bond acceptors (Lipinski definition) is 4. The van der Waals surface area contributed by atoms with E-state index in [1.54, 1.807) is 36.6 Å². The summed E-state index contributed by atoms with van der Waals surface area (Å²) in [5.41, 5.74) is 2.49. The molecule has 0 saturated heterocycles. The van der Waals surface area contributed by atoms with E-state index in [-0.39, 0.29) is 5.91 Å². The normalized spacial score (nSPS) is 13.3. The monoisotopic (exact) mass is 404 g/mol. The van der Waals surface area contributed by atoms with Crippen LogP contribution in [-0.4, -0.2) is 23.3 Å². The zero-order valence-electron chi connectivity index (χ0n) is 14.1. The van der Waals surface area contributed by atoms with Crippen LogP contribution in [0.5, 0.6) is 5.75 Å². The lowest BCUT2D eigenvalue weighted by atomic mass is 10.1. The largest absolute Gasteiger partial charge is 0.495 e. The molecule has 26 heavy (non-hydrogen) atoms. The van der Waals surface area contributed by atoms with Gasteiger partial charge >= 0.3 is 0 Å². The smallest absolute Gasteiger partial charge is 0.259 e. The first-order valence-corrected chi connectivity index (χ1v) is 10.5. The van der Waals surface area contributed by atoms with Crippen molar-refractivity contribution in [3.8, 4) is 10.8 Å². The van der Waals surface area contributed by atoms with Crippen LogP contribution in [0, 0.1) is 0 Å². The van der Waals surface area contributed by atoms with Gasteiger partial charge in [0.2, 0.25) is 0 Å². The molecule has 0 bridgehead atoms. The van der Waals surface area contributed by atoms with Crippen molar-refractivity contribution < 1.29 is 9.53 Å². The highest BCUT2D eigenvalue weighted by atomic mass is 35.5. The molecule has 0 fully saturated rings. The third-order valence-electron chi connectivity index (χ3n) is 4.28. The number of thiophene rings is 1. The highest BCUT2D eigenvalue weighted by Gasteiger charge is 2.27. The summed E-state index contributed by atoms with van der Waals surface area (Å²) >= 11 is 9.71. The Balaban J connectivity index is 1.76. The zero-order chi connectivity index (χ0) is 18.1. The summed E-state index contributed by atoms with van der Waals surface area (Å²) in [5, 5.41) is 4.51. The van der Waals surface area contributed by atoms with Crippen molar-refractivity contribution >= 4 is 46.3 Å². The Labute approximate surface area is 165 Å². The van der Waals surface area contributed by atoms with Gasteiger partial charge in [0.25, 0.3) is 5.91 Å². The molecule has 1 aromatic carbocycles. The van der Waals surface area contributed by atoms with Crippen LogP contribution in [0.15, 0.2) is 42.7 Å². The Kier molecular flexibility index (Phi) is 4.98. The van der Waals surface area contributed by atoms with Gasteiger partial charge in [0.05, 0.1) is 18.4 Å². The SMILES string of the molecule is COc1ccc(Cl)cc1NC(=O)c1c(-n2cccc2)sc2c1CCSC2. The Morgan fingerprint density at radius 3 is 2.88 bits per heavy atom. The first kappa shape index (κ1) is 17.5. The fourth-order valence-electron chi connectivity index (χ4n) is 3.07. The van der Waals surface area contributed by atoms with Gasteiger partial charge in [-0.3, -0.25) is 4.79 Å². The van der Waals surface area contributed by atoms with Gasteiger partial charge in [-0.1, -0.05) is 11.6 Å². The first-order valence-electron chi connectivity index (χ1n) is 8.18. The van der Waals surface area contributed by atoms with Crippen molar-refractivity contribution in [2.24, 2.45) is 0 Å². The van der Waals surface area contributed by atoms with E-state index in [2.05, 4.69) is 5.32 Å². The number of fused-ring (bicyclic) bond motifs is 1. The molecule has 7 heteroatoms. The second kappa shape index (κ2) is 7.39. The van der Waals surface area contributed by atoms with Crippen LogP contribution < -0.4 is 10.1 Å². The number of benzene rings is 1. The molecule has 134 valence electrons. The number of rotatable bonds is 4. The summed E-state index contributed by atoms with van der Waals surface area (Å²) in [6.07, 6.45) is 4.86. The second-order valence-corrected chi connectivity index (χ2v) is 8.50. The lowest BCUT2D eigenvalue weighted by molar-refractivity contribution is 0.102. The number of amides is 1. The summed E-state index contributed by atoms with van der Waals surface area (Å²) in [4.78, 5) is 14.5. The van der Waals surface area contributed by atoms with Crippen LogP contribution >= 0.6 is 34.7 Å². The maximum Gasteiger partial charge on any atom is 0.259 e. The number of aromatic nitrogens is 1. The van der Waals surface area contributed by atoms with Crippen molar-refractivity contribution in [1.82, 2.24) is 4.57 Å². The molecule has 0 spiro atoms. The number of ether oxygens (including phenoxy) is 1. The summed E-state index contributed by atoms with van der Waals surface area (Å²) in [5.74, 6) is 2.46. The molecule has 2 aromatic heterocycles. The van der Waals surface area contributed by atoms with E-state index < -0.39 is 0 Å². The average molecular weight is 405 g/mol. The first-order chi connectivity index (χ1) is 12.7. The molecule has 0 atom stereocenters. The molecule has 3 aromatic rings. The molecule has 0 unspecified atom stereocenters. The molecule has 1 aliphatic heterocycles. The van der Waals surface area contributed by atoms with Gasteiger partial charge in [0.15, 0.2) is 0 Å². The van der Waals surface area contributed by atoms with Gasteiger partial charge < -0.3 is 14.6 Å². The molecule has 1 aliphatic rings. The summed E-state index contributed by atoms with van der Waals surface area (Å²) < 4.78 is 7.37. The molecule has 3 heterocycles. The maximum absolute atomic E-state index is 13.2. The fourth-order valence-corrected chi connectivity index (χ4v) is 5.68. The van der Waals surface area contributed by atoms with Crippen LogP contribution in [0.3, 0.4) is 0 Å². The number of hydrogen-bond donors (Lipinski definition) is 1. The molecular weight excluding hydrogens is 388 g/mol. The number of anilines is 1. The van der Waals surface area contributed by atoms with Crippen molar-refractivity contribution in [3.05, 3.63) is 63.8 Å². The Morgan fingerprint density at radius 1 is 1.31 bits per heavy atom. The van der Waals surface area contributed by atoms with Crippen LogP contribution in [0.4, 0.5) is 5.69 Å². The fraction of sp³-hybridized carbons (Fsp3) is 0.211. The molecular formula is C19H17ClN2O2S2. The third-order valence-corrected chi connectivity index (χ3v) is 6.93. The van der Waals surface area contributed by atoms with E-state index in [0.29, 0.717) is 16.5 Å². The van der Waals surface area contributed by atoms with Crippen molar-refractivity contribution in [3.63, 3.8) is 0 Å². The lowest BCUT2D eigenvalue weighted by Crippen LogP contribution is -2.17. The topological polar surface area (TPSA) is 43.3 Å². The Morgan fingerprint density at radius 2 is 2.12 bits per heavy atom. The minimum atomic E-state index is -0.126. The molecule has 4 nitrogen and oxygen atoms in total. The van der Waals surface area contributed by atoms with Crippen LogP contribution in [0.25, 0.3) is 5.00 Å². The van der Waals surface area contributed by atoms with Gasteiger partial charge in [-0.05, 0) is 48.1 Å². The van der Waals surface area contributed by atoms with E-state index in [1.165, 1.54) is 4.88 Å². The Bertz CT molecular complexity index is 951. The van der Waals surface area contributed by atoms with Gasteiger partial charge in [0.1, 0.15) is 10.8 Å². The van der Waals surface area contributed by atoms with E-state index in [4.69, 9.17) is 16.3 Å². The number of nitrogens with zero attached hydrogens (tertiary/aromatic N) is 1. The molecule has 0 saturated carbocycles. The van der Waals surface area contributed by atoms with Gasteiger partial charge in [0, 0.05) is 28.0 Å². The van der Waals surface area contributed by atoms with Gasteiger partial charge in [-0.15, -0.1) is 11.3 Å². The minimum absolute atomic E-state index is 0.126. The number of carbonyl (C=O) groups excluding carboxylic acids is 1. The van der Waals surface area contributed by atoms with Gasteiger partial charge in [-0.25, -0.2) is 0 Å². The van der Waals surface area contributed by atoms with E-state index in [1.807, 2.05) is 40.9 Å². The molecule has 1 amide bonds. The van der Waals surface area contributed by atoms with E-state index in [0.717, 1.165) is 34.1 Å². The van der Waals surface area contributed by atoms with Crippen LogP contribution in [-0.2, 0) is 12.2 Å². The van der Waals surface area contributed by atoms with Crippen molar-refractivity contribution in [2.75, 3.05) is 18.2 Å². The quantitative estimate of drug-likeness (QED) is 0.646. The number of carbonyl (C=O) groups is 1. The molecule has 4 rings (SSSR count). The highest BCUT2D eigenvalue weighted by Crippen LogP contribution is 2.39. The molecule has 0 aliphatic carbocycles. The summed E-state index contributed by atoms with van der Waals surface area (Å²) in [6, 6.07) is 9.14. The van der Waals surface area contributed by atoms with E-state index in [9.17, 15) is 4.79 Å². The summed E-state index contributed by atoms with van der Waals surface area (Å²) in [7, 11) is 1.58. The number of methoxy groups -OCH3 is 1.